The number of hydrogen-bond donors (Lipinski definition) is 1. The molecule has 0 aromatic carbocycles. The molecule has 3 heteroatoms. The van der Waals surface area contributed by atoms with Crippen molar-refractivity contribution in [3.63, 3.8) is 0 Å². The van der Waals surface area contributed by atoms with Gasteiger partial charge in [0, 0.05) is 32.5 Å². The summed E-state index contributed by atoms with van der Waals surface area (Å²) in [5, 5.41) is 3.39. The summed E-state index contributed by atoms with van der Waals surface area (Å²) in [6, 6.07) is 0. The first kappa shape index (κ1) is 10.1. The maximum atomic E-state index is 11.1. The fourth-order valence-electron chi connectivity index (χ4n) is 2.41. The Balaban J connectivity index is 1.71. The second kappa shape index (κ2) is 4.89. The topological polar surface area (TPSA) is 32.3 Å². The van der Waals surface area contributed by atoms with E-state index in [0.717, 1.165) is 31.8 Å². The Bertz CT molecular complexity index is 189. The zero-order chi connectivity index (χ0) is 9.80. The van der Waals surface area contributed by atoms with Gasteiger partial charge in [-0.2, -0.15) is 0 Å². The number of hydrogen-bond acceptors (Lipinski definition) is 3. The third-order valence-electron chi connectivity index (χ3n) is 3.39. The lowest BCUT2D eigenvalue weighted by molar-refractivity contribution is -0.121. The molecular formula is C11H20N2O. The van der Waals surface area contributed by atoms with E-state index in [2.05, 4.69) is 10.2 Å². The number of nitrogens with one attached hydrogen (secondary N) is 1. The SMILES string of the molecule is O=C1CCN(CC2CCNCC2)CC1. The molecule has 0 spiro atoms. The van der Waals surface area contributed by atoms with Gasteiger partial charge in [0.15, 0.2) is 0 Å². The summed E-state index contributed by atoms with van der Waals surface area (Å²) in [6.07, 6.45) is 4.19. The van der Waals surface area contributed by atoms with Gasteiger partial charge in [-0.25, -0.2) is 0 Å². The van der Waals surface area contributed by atoms with E-state index in [9.17, 15) is 4.79 Å². The minimum Gasteiger partial charge on any atom is -0.317 e. The highest BCUT2D eigenvalue weighted by Gasteiger charge is 2.20. The first-order valence-corrected chi connectivity index (χ1v) is 5.79. The van der Waals surface area contributed by atoms with Gasteiger partial charge in [-0.3, -0.25) is 4.79 Å². The molecule has 0 amide bonds. The quantitative estimate of drug-likeness (QED) is 0.704. The van der Waals surface area contributed by atoms with Crippen molar-refractivity contribution in [2.45, 2.75) is 25.7 Å². The number of nitrogens with zero attached hydrogens (tertiary/aromatic N) is 1. The van der Waals surface area contributed by atoms with Crippen LogP contribution in [0.4, 0.5) is 0 Å². The molecule has 80 valence electrons. The van der Waals surface area contributed by atoms with Crippen LogP contribution < -0.4 is 5.32 Å². The lowest BCUT2D eigenvalue weighted by atomic mass is 9.96. The summed E-state index contributed by atoms with van der Waals surface area (Å²) in [7, 11) is 0. The van der Waals surface area contributed by atoms with Crippen LogP contribution >= 0.6 is 0 Å². The van der Waals surface area contributed by atoms with Crippen molar-refractivity contribution in [1.29, 1.82) is 0 Å². The smallest absolute Gasteiger partial charge is 0.135 e. The van der Waals surface area contributed by atoms with Gasteiger partial charge in [-0.15, -0.1) is 0 Å². The third kappa shape index (κ3) is 2.79. The Morgan fingerprint density at radius 2 is 1.86 bits per heavy atom. The molecule has 0 saturated carbocycles. The summed E-state index contributed by atoms with van der Waals surface area (Å²) in [5.41, 5.74) is 0. The molecule has 0 aromatic heterocycles. The van der Waals surface area contributed by atoms with E-state index >= 15 is 0 Å². The van der Waals surface area contributed by atoms with Crippen LogP contribution in [0.2, 0.25) is 0 Å². The van der Waals surface area contributed by atoms with Gasteiger partial charge in [-0.1, -0.05) is 0 Å². The van der Waals surface area contributed by atoms with Gasteiger partial charge < -0.3 is 10.2 Å². The van der Waals surface area contributed by atoms with Crippen molar-refractivity contribution in [1.82, 2.24) is 10.2 Å². The third-order valence-corrected chi connectivity index (χ3v) is 3.39. The molecule has 2 fully saturated rings. The number of piperidine rings is 2. The fraction of sp³-hybridized carbons (Fsp3) is 0.909. The monoisotopic (exact) mass is 196 g/mol. The molecule has 2 heterocycles. The number of carbonyl (C=O) groups is 1. The zero-order valence-corrected chi connectivity index (χ0v) is 8.80. The largest absolute Gasteiger partial charge is 0.317 e. The first-order chi connectivity index (χ1) is 6.84. The van der Waals surface area contributed by atoms with E-state index in [-0.39, 0.29) is 0 Å². The molecule has 14 heavy (non-hydrogen) atoms. The second-order valence-corrected chi connectivity index (χ2v) is 4.53. The first-order valence-electron chi connectivity index (χ1n) is 5.79. The van der Waals surface area contributed by atoms with E-state index in [1.54, 1.807) is 0 Å². The Kier molecular flexibility index (Phi) is 3.54. The lowest BCUT2D eigenvalue weighted by Gasteiger charge is -2.31. The highest BCUT2D eigenvalue weighted by atomic mass is 16.1. The predicted octanol–water partition coefficient (Wildman–Crippen LogP) is 0.651. The van der Waals surface area contributed by atoms with Crippen LogP contribution in [-0.4, -0.2) is 43.4 Å². The van der Waals surface area contributed by atoms with E-state index in [1.807, 2.05) is 0 Å². The number of Topliss-reactive ketones (excluding diaryl/α,β-unsaturated/α-hetero) is 1. The van der Waals surface area contributed by atoms with Crippen molar-refractivity contribution in [2.24, 2.45) is 5.92 Å². The molecule has 2 saturated heterocycles. The van der Waals surface area contributed by atoms with Gasteiger partial charge in [0.1, 0.15) is 5.78 Å². The van der Waals surface area contributed by atoms with Crippen LogP contribution in [0.15, 0.2) is 0 Å². The summed E-state index contributed by atoms with van der Waals surface area (Å²) in [6.45, 7) is 5.58. The summed E-state index contributed by atoms with van der Waals surface area (Å²) >= 11 is 0. The Morgan fingerprint density at radius 1 is 1.21 bits per heavy atom. The van der Waals surface area contributed by atoms with Crippen molar-refractivity contribution < 1.29 is 4.79 Å². The van der Waals surface area contributed by atoms with Gasteiger partial charge in [0.25, 0.3) is 0 Å². The summed E-state index contributed by atoms with van der Waals surface area (Å²) < 4.78 is 0. The van der Waals surface area contributed by atoms with Crippen LogP contribution in [0.1, 0.15) is 25.7 Å². The van der Waals surface area contributed by atoms with Crippen molar-refractivity contribution in [2.75, 3.05) is 32.7 Å². The number of rotatable bonds is 2. The molecule has 2 aliphatic heterocycles. The van der Waals surface area contributed by atoms with E-state index in [1.165, 1.54) is 32.5 Å². The molecule has 0 aromatic rings. The molecule has 0 unspecified atom stereocenters. The Labute approximate surface area is 85.8 Å². The van der Waals surface area contributed by atoms with Crippen molar-refractivity contribution >= 4 is 5.78 Å². The van der Waals surface area contributed by atoms with Crippen LogP contribution in [0, 0.1) is 5.92 Å². The van der Waals surface area contributed by atoms with Gasteiger partial charge >= 0.3 is 0 Å². The average molecular weight is 196 g/mol. The number of ketones is 1. The van der Waals surface area contributed by atoms with Crippen LogP contribution in [0.5, 0.6) is 0 Å². The zero-order valence-electron chi connectivity index (χ0n) is 8.80. The Hall–Kier alpha value is -0.410. The number of likely N-dealkylation sites (tertiary alicyclic amines) is 1. The lowest BCUT2D eigenvalue weighted by Crippen LogP contribution is -2.40. The van der Waals surface area contributed by atoms with Crippen molar-refractivity contribution in [3.8, 4) is 0 Å². The highest BCUT2D eigenvalue weighted by Crippen LogP contribution is 2.15. The van der Waals surface area contributed by atoms with Crippen LogP contribution in [-0.2, 0) is 4.79 Å². The predicted molar refractivity (Wildman–Crippen MR) is 56.3 cm³/mol. The molecule has 3 nitrogen and oxygen atoms in total. The molecular weight excluding hydrogens is 176 g/mol. The normalized spacial score (nSPS) is 26.7. The molecule has 0 radical (unpaired) electrons. The van der Waals surface area contributed by atoms with Gasteiger partial charge in [0.2, 0.25) is 0 Å². The van der Waals surface area contributed by atoms with Gasteiger partial charge in [0.05, 0.1) is 0 Å². The molecule has 2 rings (SSSR count). The molecule has 0 atom stereocenters. The molecule has 2 aliphatic rings. The van der Waals surface area contributed by atoms with E-state index in [4.69, 9.17) is 0 Å². The van der Waals surface area contributed by atoms with Crippen LogP contribution in [0.25, 0.3) is 0 Å². The minimum atomic E-state index is 0.451. The average Bonchev–Trinajstić information content (AvgIpc) is 2.23. The molecule has 0 aliphatic carbocycles. The second-order valence-electron chi connectivity index (χ2n) is 4.53. The maximum absolute atomic E-state index is 11.1. The fourth-order valence-corrected chi connectivity index (χ4v) is 2.41. The standard InChI is InChI=1S/C11H20N2O/c14-11-3-7-13(8-4-11)9-10-1-5-12-6-2-10/h10,12H,1-9H2. The molecule has 1 N–H and O–H groups in total. The highest BCUT2D eigenvalue weighted by molar-refractivity contribution is 5.79. The Morgan fingerprint density at radius 3 is 2.50 bits per heavy atom. The van der Waals surface area contributed by atoms with Gasteiger partial charge in [-0.05, 0) is 31.8 Å². The van der Waals surface area contributed by atoms with Crippen LogP contribution in [0.3, 0.4) is 0 Å². The summed E-state index contributed by atoms with van der Waals surface area (Å²) in [5.74, 6) is 1.32. The maximum Gasteiger partial charge on any atom is 0.135 e. The van der Waals surface area contributed by atoms with E-state index in [0.29, 0.717) is 5.78 Å². The van der Waals surface area contributed by atoms with Crippen molar-refractivity contribution in [3.05, 3.63) is 0 Å². The van der Waals surface area contributed by atoms with E-state index < -0.39 is 0 Å². The summed E-state index contributed by atoms with van der Waals surface area (Å²) in [4.78, 5) is 13.5. The number of carbonyl (C=O) groups excluding carboxylic acids is 1. The molecule has 0 bridgehead atoms. The minimum absolute atomic E-state index is 0.451.